The number of carbonyl (C=O) groups is 1. The van der Waals surface area contributed by atoms with E-state index in [0.717, 1.165) is 6.07 Å². The van der Waals surface area contributed by atoms with Gasteiger partial charge in [0.05, 0.1) is 18.1 Å². The SMILES string of the molecule is CCOC(=O)Cc1cc(N)cc(F)c1Cl. The van der Waals surface area contributed by atoms with E-state index in [2.05, 4.69) is 0 Å². The molecule has 0 atom stereocenters. The third kappa shape index (κ3) is 3.09. The molecule has 82 valence electrons. The molecule has 3 nitrogen and oxygen atoms in total. The number of ether oxygens (including phenoxy) is 1. The lowest BCUT2D eigenvalue weighted by atomic mass is 10.1. The summed E-state index contributed by atoms with van der Waals surface area (Å²) < 4.78 is 17.8. The number of rotatable bonds is 3. The van der Waals surface area contributed by atoms with Crippen LogP contribution < -0.4 is 5.73 Å². The molecule has 0 saturated carbocycles. The summed E-state index contributed by atoms with van der Waals surface area (Å²) in [6, 6.07) is 2.57. The van der Waals surface area contributed by atoms with Crippen molar-refractivity contribution in [1.82, 2.24) is 0 Å². The van der Waals surface area contributed by atoms with Gasteiger partial charge in [0.2, 0.25) is 0 Å². The highest BCUT2D eigenvalue weighted by molar-refractivity contribution is 6.31. The molecule has 0 radical (unpaired) electrons. The molecule has 0 aliphatic carbocycles. The number of esters is 1. The molecule has 2 N–H and O–H groups in total. The smallest absolute Gasteiger partial charge is 0.310 e. The van der Waals surface area contributed by atoms with Crippen molar-refractivity contribution >= 4 is 23.3 Å². The number of nitrogens with two attached hydrogens (primary N) is 1. The van der Waals surface area contributed by atoms with Crippen molar-refractivity contribution in [2.45, 2.75) is 13.3 Å². The van der Waals surface area contributed by atoms with Gasteiger partial charge in [0.15, 0.2) is 0 Å². The molecule has 0 spiro atoms. The van der Waals surface area contributed by atoms with Gasteiger partial charge >= 0.3 is 5.97 Å². The van der Waals surface area contributed by atoms with E-state index < -0.39 is 11.8 Å². The molecule has 15 heavy (non-hydrogen) atoms. The van der Waals surface area contributed by atoms with Crippen molar-refractivity contribution in [2.75, 3.05) is 12.3 Å². The lowest BCUT2D eigenvalue weighted by Crippen LogP contribution is -2.08. The van der Waals surface area contributed by atoms with Crippen molar-refractivity contribution in [1.29, 1.82) is 0 Å². The number of halogens is 2. The van der Waals surface area contributed by atoms with Crippen LogP contribution in [0.1, 0.15) is 12.5 Å². The second-order valence-corrected chi connectivity index (χ2v) is 3.34. The number of hydrogen-bond acceptors (Lipinski definition) is 3. The van der Waals surface area contributed by atoms with Gasteiger partial charge in [0.25, 0.3) is 0 Å². The molecular formula is C10H11ClFNO2. The summed E-state index contributed by atoms with van der Waals surface area (Å²) >= 11 is 5.67. The molecule has 0 heterocycles. The van der Waals surface area contributed by atoms with Gasteiger partial charge in [0.1, 0.15) is 5.82 Å². The predicted molar refractivity (Wildman–Crippen MR) is 56.2 cm³/mol. The van der Waals surface area contributed by atoms with E-state index in [9.17, 15) is 9.18 Å². The first-order valence-electron chi connectivity index (χ1n) is 4.43. The quantitative estimate of drug-likeness (QED) is 0.641. The van der Waals surface area contributed by atoms with E-state index in [4.69, 9.17) is 22.1 Å². The Balaban J connectivity index is 2.89. The van der Waals surface area contributed by atoms with Crippen LogP contribution in [0.15, 0.2) is 12.1 Å². The Labute approximate surface area is 92.0 Å². The first kappa shape index (κ1) is 11.8. The van der Waals surface area contributed by atoms with Crippen LogP contribution in [0.4, 0.5) is 10.1 Å². The maximum absolute atomic E-state index is 13.1. The molecule has 0 saturated heterocycles. The van der Waals surface area contributed by atoms with Crippen LogP contribution >= 0.6 is 11.6 Å². The summed E-state index contributed by atoms with van der Waals surface area (Å²) in [6.07, 6.45) is -0.0748. The Morgan fingerprint density at radius 1 is 1.60 bits per heavy atom. The van der Waals surface area contributed by atoms with Crippen LogP contribution in [-0.4, -0.2) is 12.6 Å². The van der Waals surface area contributed by atoms with Crippen molar-refractivity contribution in [3.63, 3.8) is 0 Å². The minimum atomic E-state index is -0.629. The Morgan fingerprint density at radius 2 is 2.27 bits per heavy atom. The van der Waals surface area contributed by atoms with E-state index in [0.29, 0.717) is 5.56 Å². The van der Waals surface area contributed by atoms with E-state index in [-0.39, 0.29) is 23.7 Å². The average Bonchev–Trinajstić information content (AvgIpc) is 2.13. The fraction of sp³-hybridized carbons (Fsp3) is 0.300. The molecule has 5 heteroatoms. The summed E-state index contributed by atoms with van der Waals surface area (Å²) in [5.41, 5.74) is 6.00. The van der Waals surface area contributed by atoms with Gasteiger partial charge in [-0.05, 0) is 24.6 Å². The van der Waals surface area contributed by atoms with Gasteiger partial charge in [0, 0.05) is 5.69 Å². The minimum absolute atomic E-state index is 0.0748. The van der Waals surface area contributed by atoms with E-state index >= 15 is 0 Å². The molecular weight excluding hydrogens is 221 g/mol. The van der Waals surface area contributed by atoms with E-state index in [1.165, 1.54) is 6.07 Å². The Hall–Kier alpha value is -1.29. The van der Waals surface area contributed by atoms with Gasteiger partial charge in [-0.1, -0.05) is 11.6 Å². The summed E-state index contributed by atoms with van der Waals surface area (Å²) in [6.45, 7) is 1.97. The normalized spacial score (nSPS) is 10.1. The first-order valence-corrected chi connectivity index (χ1v) is 4.81. The maximum Gasteiger partial charge on any atom is 0.310 e. The highest BCUT2D eigenvalue weighted by Crippen LogP contribution is 2.23. The molecule has 0 fully saturated rings. The maximum atomic E-state index is 13.1. The third-order valence-electron chi connectivity index (χ3n) is 1.77. The van der Waals surface area contributed by atoms with E-state index in [1.807, 2.05) is 0 Å². The van der Waals surface area contributed by atoms with Crippen LogP contribution in [-0.2, 0) is 16.0 Å². The lowest BCUT2D eigenvalue weighted by molar-refractivity contribution is -0.142. The summed E-state index contributed by atoms with van der Waals surface area (Å²) in [5, 5.41) is -0.0859. The fourth-order valence-electron chi connectivity index (χ4n) is 1.17. The number of hydrogen-bond donors (Lipinski definition) is 1. The Morgan fingerprint density at radius 3 is 2.87 bits per heavy atom. The topological polar surface area (TPSA) is 52.3 Å². The lowest BCUT2D eigenvalue weighted by Gasteiger charge is -2.06. The van der Waals surface area contributed by atoms with E-state index in [1.54, 1.807) is 6.92 Å². The minimum Gasteiger partial charge on any atom is -0.466 e. The average molecular weight is 232 g/mol. The highest BCUT2D eigenvalue weighted by atomic mass is 35.5. The Kier molecular flexibility index (Phi) is 3.91. The Bertz CT molecular complexity index is 382. The van der Waals surface area contributed by atoms with Crippen LogP contribution in [0.5, 0.6) is 0 Å². The molecule has 0 amide bonds. The summed E-state index contributed by atoms with van der Waals surface area (Å²) in [4.78, 5) is 11.1. The number of carbonyl (C=O) groups excluding carboxylic acids is 1. The van der Waals surface area contributed by atoms with Crippen LogP contribution in [0.3, 0.4) is 0 Å². The zero-order chi connectivity index (χ0) is 11.4. The van der Waals surface area contributed by atoms with Crippen LogP contribution in [0.25, 0.3) is 0 Å². The molecule has 0 bridgehead atoms. The van der Waals surface area contributed by atoms with Gasteiger partial charge in [-0.15, -0.1) is 0 Å². The molecule has 1 aromatic rings. The van der Waals surface area contributed by atoms with Crippen LogP contribution in [0, 0.1) is 5.82 Å². The first-order chi connectivity index (χ1) is 7.04. The van der Waals surface area contributed by atoms with Gasteiger partial charge in [-0.2, -0.15) is 0 Å². The van der Waals surface area contributed by atoms with Gasteiger partial charge < -0.3 is 10.5 Å². The molecule has 0 aliphatic rings. The largest absolute Gasteiger partial charge is 0.466 e. The zero-order valence-corrected chi connectivity index (χ0v) is 8.97. The monoisotopic (exact) mass is 231 g/mol. The standard InChI is InChI=1S/C10H11ClFNO2/c1-2-15-9(14)4-6-3-7(13)5-8(12)10(6)11/h3,5H,2,4,13H2,1H3. The summed E-state index contributed by atoms with van der Waals surface area (Å²) in [5.74, 6) is -1.08. The zero-order valence-electron chi connectivity index (χ0n) is 8.22. The second-order valence-electron chi connectivity index (χ2n) is 2.96. The van der Waals surface area contributed by atoms with Gasteiger partial charge in [-0.25, -0.2) is 4.39 Å². The number of anilines is 1. The molecule has 1 rings (SSSR count). The number of nitrogen functional groups attached to an aromatic ring is 1. The second kappa shape index (κ2) is 4.98. The van der Waals surface area contributed by atoms with Crippen molar-refractivity contribution in [3.8, 4) is 0 Å². The van der Waals surface area contributed by atoms with Crippen molar-refractivity contribution < 1.29 is 13.9 Å². The fourth-order valence-corrected chi connectivity index (χ4v) is 1.34. The van der Waals surface area contributed by atoms with Gasteiger partial charge in [-0.3, -0.25) is 4.79 Å². The molecule has 1 aromatic carbocycles. The van der Waals surface area contributed by atoms with Crippen molar-refractivity contribution in [3.05, 3.63) is 28.5 Å². The molecule has 0 aliphatic heterocycles. The summed E-state index contributed by atoms with van der Waals surface area (Å²) in [7, 11) is 0. The van der Waals surface area contributed by atoms with Crippen molar-refractivity contribution in [2.24, 2.45) is 0 Å². The third-order valence-corrected chi connectivity index (χ3v) is 2.19. The van der Waals surface area contributed by atoms with Crippen LogP contribution in [0.2, 0.25) is 5.02 Å². The molecule has 0 aromatic heterocycles. The predicted octanol–water partition coefficient (Wildman–Crippen LogP) is 2.17. The highest BCUT2D eigenvalue weighted by Gasteiger charge is 2.12. The number of benzene rings is 1. The molecule has 0 unspecified atom stereocenters.